The fraction of sp³-hybridized carbons (Fsp3) is 0.529. The van der Waals surface area contributed by atoms with Gasteiger partial charge in [0.1, 0.15) is 6.04 Å². The van der Waals surface area contributed by atoms with Crippen LogP contribution < -0.4 is 15.5 Å². The number of hydrogen-bond donors (Lipinski definition) is 2. The molecule has 0 bridgehead atoms. The molecule has 8 heteroatoms. The minimum Gasteiger partial charge on any atom is -0.371 e. The summed E-state index contributed by atoms with van der Waals surface area (Å²) in [6, 6.07) is 3.76. The highest BCUT2D eigenvalue weighted by molar-refractivity contribution is 6.02. The molecule has 8 nitrogen and oxygen atoms in total. The van der Waals surface area contributed by atoms with E-state index in [0.29, 0.717) is 18.7 Å². The molecule has 25 heavy (non-hydrogen) atoms. The lowest BCUT2D eigenvalue weighted by Crippen LogP contribution is -2.45. The highest BCUT2D eigenvalue weighted by Gasteiger charge is 2.27. The molecule has 0 radical (unpaired) electrons. The van der Waals surface area contributed by atoms with E-state index in [1.165, 1.54) is 12.1 Å². The Balaban J connectivity index is 1.87. The van der Waals surface area contributed by atoms with Gasteiger partial charge in [-0.1, -0.05) is 0 Å². The van der Waals surface area contributed by atoms with Gasteiger partial charge in [-0.25, -0.2) is 0 Å². The summed E-state index contributed by atoms with van der Waals surface area (Å²) in [5.74, 6) is -0.633. The summed E-state index contributed by atoms with van der Waals surface area (Å²) in [6.45, 7) is 2.26. The third-order valence-electron chi connectivity index (χ3n) is 4.72. The molecule has 134 valence electrons. The Bertz CT molecular complexity index is 685. The Kier molecular flexibility index (Phi) is 5.16. The molecule has 1 aromatic rings. The molecule has 3 rings (SSSR count). The van der Waals surface area contributed by atoms with E-state index in [0.717, 1.165) is 38.8 Å². The second kappa shape index (κ2) is 7.50. The molecule has 0 unspecified atom stereocenters. The van der Waals surface area contributed by atoms with Gasteiger partial charge in [-0.05, 0) is 38.2 Å². The molecule has 2 aliphatic heterocycles. The maximum Gasteiger partial charge on any atom is 0.270 e. The number of carbonyl (C=O) groups is 2. The largest absolute Gasteiger partial charge is 0.371 e. The quantitative estimate of drug-likeness (QED) is 0.636. The second-order valence-electron chi connectivity index (χ2n) is 6.47. The first-order valence-corrected chi connectivity index (χ1v) is 8.68. The fourth-order valence-corrected chi connectivity index (χ4v) is 3.37. The number of rotatable bonds is 4. The smallest absolute Gasteiger partial charge is 0.270 e. The summed E-state index contributed by atoms with van der Waals surface area (Å²) >= 11 is 0. The van der Waals surface area contributed by atoms with Crippen molar-refractivity contribution in [2.45, 2.75) is 38.1 Å². The predicted molar refractivity (Wildman–Crippen MR) is 92.7 cm³/mol. The van der Waals surface area contributed by atoms with Crippen LogP contribution in [0.25, 0.3) is 0 Å². The van der Waals surface area contributed by atoms with Gasteiger partial charge in [0, 0.05) is 31.8 Å². The minimum absolute atomic E-state index is 0.126. The number of amides is 2. The van der Waals surface area contributed by atoms with Gasteiger partial charge in [-0.15, -0.1) is 0 Å². The molecule has 2 amide bonds. The zero-order chi connectivity index (χ0) is 17.8. The van der Waals surface area contributed by atoms with Crippen LogP contribution in [0, 0.1) is 10.1 Å². The van der Waals surface area contributed by atoms with E-state index in [1.54, 1.807) is 6.07 Å². The van der Waals surface area contributed by atoms with Gasteiger partial charge in [0.25, 0.3) is 11.6 Å². The number of nitrogens with zero attached hydrogens (tertiary/aromatic N) is 2. The number of hydrogen-bond acceptors (Lipinski definition) is 5. The SMILES string of the molecule is O=C(N[C@H]1CCCCNC1=O)c1cc([N+](=O)[O-])ccc1N1CCCC1. The number of carbonyl (C=O) groups excluding carboxylic acids is 2. The Morgan fingerprint density at radius 3 is 2.72 bits per heavy atom. The van der Waals surface area contributed by atoms with Gasteiger partial charge in [0.05, 0.1) is 16.2 Å². The maximum absolute atomic E-state index is 12.8. The van der Waals surface area contributed by atoms with E-state index in [4.69, 9.17) is 0 Å². The molecule has 0 saturated carbocycles. The molecule has 0 spiro atoms. The molecular formula is C17H22N4O4. The third kappa shape index (κ3) is 3.89. The molecule has 0 aromatic heterocycles. The van der Waals surface area contributed by atoms with Crippen LogP contribution in [0.2, 0.25) is 0 Å². The molecule has 1 atom stereocenters. The van der Waals surface area contributed by atoms with Crippen LogP contribution in [0.15, 0.2) is 18.2 Å². The van der Waals surface area contributed by atoms with Crippen molar-refractivity contribution in [1.82, 2.24) is 10.6 Å². The lowest BCUT2D eigenvalue weighted by molar-refractivity contribution is -0.384. The number of nitro benzene ring substituents is 1. The first-order chi connectivity index (χ1) is 12.1. The van der Waals surface area contributed by atoms with Gasteiger partial charge in [0.15, 0.2) is 0 Å². The van der Waals surface area contributed by atoms with E-state index in [2.05, 4.69) is 15.5 Å². The van der Waals surface area contributed by atoms with Crippen LogP contribution in [0.5, 0.6) is 0 Å². The van der Waals surface area contributed by atoms with E-state index in [1.807, 2.05) is 0 Å². The predicted octanol–water partition coefficient (Wildman–Crippen LogP) is 1.59. The van der Waals surface area contributed by atoms with Crippen LogP contribution in [0.3, 0.4) is 0 Å². The highest BCUT2D eigenvalue weighted by Crippen LogP contribution is 2.28. The number of benzene rings is 1. The number of nitrogens with one attached hydrogen (secondary N) is 2. The van der Waals surface area contributed by atoms with Crippen molar-refractivity contribution < 1.29 is 14.5 Å². The van der Waals surface area contributed by atoms with E-state index >= 15 is 0 Å². The summed E-state index contributed by atoms with van der Waals surface area (Å²) < 4.78 is 0. The monoisotopic (exact) mass is 346 g/mol. The molecule has 0 aliphatic carbocycles. The van der Waals surface area contributed by atoms with Gasteiger partial charge in [-0.3, -0.25) is 19.7 Å². The number of non-ortho nitro benzene ring substituents is 1. The average Bonchev–Trinajstić information content (AvgIpc) is 3.06. The van der Waals surface area contributed by atoms with Crippen LogP contribution in [-0.2, 0) is 4.79 Å². The van der Waals surface area contributed by atoms with Gasteiger partial charge in [-0.2, -0.15) is 0 Å². The first-order valence-electron chi connectivity index (χ1n) is 8.68. The summed E-state index contributed by atoms with van der Waals surface area (Å²) in [7, 11) is 0. The zero-order valence-corrected chi connectivity index (χ0v) is 14.0. The summed E-state index contributed by atoms with van der Waals surface area (Å²) in [6.07, 6.45) is 4.36. The van der Waals surface area contributed by atoms with Crippen molar-refractivity contribution in [1.29, 1.82) is 0 Å². The van der Waals surface area contributed by atoms with Crippen molar-refractivity contribution in [3.63, 3.8) is 0 Å². The van der Waals surface area contributed by atoms with Crippen molar-refractivity contribution in [3.8, 4) is 0 Å². The van der Waals surface area contributed by atoms with Crippen LogP contribution in [0.4, 0.5) is 11.4 Å². The Labute approximate surface area is 145 Å². The molecule has 1 aromatic carbocycles. The van der Waals surface area contributed by atoms with Gasteiger partial charge in [0.2, 0.25) is 5.91 Å². The number of anilines is 1. The molecule has 2 heterocycles. The molecule has 2 aliphatic rings. The molecule has 2 saturated heterocycles. The lowest BCUT2D eigenvalue weighted by atomic mass is 10.1. The van der Waals surface area contributed by atoms with E-state index in [9.17, 15) is 19.7 Å². The highest BCUT2D eigenvalue weighted by atomic mass is 16.6. The average molecular weight is 346 g/mol. The summed E-state index contributed by atoms with van der Waals surface area (Å²) in [5.41, 5.74) is 0.821. The van der Waals surface area contributed by atoms with E-state index < -0.39 is 16.9 Å². The van der Waals surface area contributed by atoms with Crippen LogP contribution in [-0.4, -0.2) is 42.4 Å². The minimum atomic E-state index is -0.597. The Morgan fingerprint density at radius 2 is 2.00 bits per heavy atom. The second-order valence-corrected chi connectivity index (χ2v) is 6.47. The summed E-state index contributed by atoms with van der Waals surface area (Å²) in [5, 5.41) is 16.6. The topological polar surface area (TPSA) is 105 Å². The van der Waals surface area contributed by atoms with Crippen molar-refractivity contribution >= 4 is 23.2 Å². The molecule has 2 N–H and O–H groups in total. The van der Waals surface area contributed by atoms with Gasteiger partial charge >= 0.3 is 0 Å². The molecular weight excluding hydrogens is 324 g/mol. The Hall–Kier alpha value is -2.64. The first kappa shape index (κ1) is 17.2. The van der Waals surface area contributed by atoms with E-state index in [-0.39, 0.29) is 17.2 Å². The van der Waals surface area contributed by atoms with Crippen molar-refractivity contribution in [2.75, 3.05) is 24.5 Å². The van der Waals surface area contributed by atoms with Gasteiger partial charge < -0.3 is 15.5 Å². The van der Waals surface area contributed by atoms with Crippen molar-refractivity contribution in [2.24, 2.45) is 0 Å². The van der Waals surface area contributed by atoms with Crippen LogP contribution in [0.1, 0.15) is 42.5 Å². The summed E-state index contributed by atoms with van der Waals surface area (Å²) in [4.78, 5) is 37.5. The maximum atomic E-state index is 12.8. The fourth-order valence-electron chi connectivity index (χ4n) is 3.37. The molecule has 2 fully saturated rings. The number of nitro groups is 1. The standard InChI is InChI=1S/C17H22N4O4/c22-16(19-14-5-1-2-8-18-17(14)23)13-11-12(21(24)25)6-7-15(13)20-9-3-4-10-20/h6-7,11,14H,1-5,8-10H2,(H,18,23)(H,19,22)/t14-/m0/s1. The lowest BCUT2D eigenvalue weighted by Gasteiger charge is -2.22. The Morgan fingerprint density at radius 1 is 1.24 bits per heavy atom. The zero-order valence-electron chi connectivity index (χ0n) is 14.0. The normalized spacial score (nSPS) is 20.7. The van der Waals surface area contributed by atoms with Crippen LogP contribution >= 0.6 is 0 Å². The third-order valence-corrected chi connectivity index (χ3v) is 4.72. The van der Waals surface area contributed by atoms with Crippen molar-refractivity contribution in [3.05, 3.63) is 33.9 Å².